The zero-order chi connectivity index (χ0) is 13.6. The van der Waals surface area contributed by atoms with Gasteiger partial charge in [0.2, 0.25) is 11.8 Å². The van der Waals surface area contributed by atoms with Gasteiger partial charge in [0.1, 0.15) is 0 Å². The number of halogens is 2. The van der Waals surface area contributed by atoms with Crippen molar-refractivity contribution in [3.63, 3.8) is 0 Å². The molecule has 106 valence electrons. The van der Waals surface area contributed by atoms with Crippen LogP contribution in [0.2, 0.25) is 0 Å². The molecule has 4 nitrogen and oxygen atoms in total. The van der Waals surface area contributed by atoms with Crippen molar-refractivity contribution in [3.8, 4) is 0 Å². The number of amides is 2. The first-order valence-corrected chi connectivity index (χ1v) is 8.60. The molecule has 0 saturated carbocycles. The molecule has 0 aromatic heterocycles. The molecule has 0 saturated heterocycles. The van der Waals surface area contributed by atoms with E-state index in [1.807, 2.05) is 0 Å². The summed E-state index contributed by atoms with van der Waals surface area (Å²) in [5.41, 5.74) is 0. The van der Waals surface area contributed by atoms with Crippen molar-refractivity contribution in [1.82, 2.24) is 10.6 Å². The van der Waals surface area contributed by atoms with E-state index in [2.05, 4.69) is 42.5 Å². The number of carbonyl (C=O) groups is 2. The molecule has 2 N–H and O–H groups in total. The quantitative estimate of drug-likeness (QED) is 0.423. The molecule has 18 heavy (non-hydrogen) atoms. The van der Waals surface area contributed by atoms with Gasteiger partial charge in [-0.15, -0.1) is 0 Å². The number of hydrogen-bond donors (Lipinski definition) is 2. The third-order valence-corrected chi connectivity index (χ3v) is 3.18. The van der Waals surface area contributed by atoms with E-state index in [4.69, 9.17) is 0 Å². The second-order valence-corrected chi connectivity index (χ2v) is 5.58. The zero-order valence-corrected chi connectivity index (χ0v) is 13.8. The van der Waals surface area contributed by atoms with Gasteiger partial charge in [-0.3, -0.25) is 9.59 Å². The van der Waals surface area contributed by atoms with Gasteiger partial charge in [-0.2, -0.15) is 0 Å². The molecule has 6 heteroatoms. The molecule has 0 radical (unpaired) electrons. The Morgan fingerprint density at radius 2 is 1.11 bits per heavy atom. The number of rotatable bonds is 11. The molecule has 0 aliphatic carbocycles. The molecule has 0 fully saturated rings. The molecule has 0 aliphatic rings. The van der Waals surface area contributed by atoms with E-state index in [9.17, 15) is 9.59 Å². The molecule has 0 bridgehead atoms. The van der Waals surface area contributed by atoms with Crippen LogP contribution in [0.4, 0.5) is 0 Å². The van der Waals surface area contributed by atoms with Gasteiger partial charge in [0, 0.05) is 36.6 Å². The lowest BCUT2D eigenvalue weighted by Gasteiger charge is -2.05. The molecule has 0 aromatic carbocycles. The predicted molar refractivity (Wildman–Crippen MR) is 81.3 cm³/mol. The van der Waals surface area contributed by atoms with Crippen LogP contribution in [0.25, 0.3) is 0 Å². The second-order valence-electron chi connectivity index (χ2n) is 3.99. The molecule has 0 aliphatic heterocycles. The minimum atomic E-state index is 0.105. The highest BCUT2D eigenvalue weighted by Crippen LogP contribution is 1.98. The van der Waals surface area contributed by atoms with Crippen molar-refractivity contribution < 1.29 is 9.59 Å². The van der Waals surface area contributed by atoms with Gasteiger partial charge in [0.15, 0.2) is 0 Å². The summed E-state index contributed by atoms with van der Waals surface area (Å²) in [5, 5.41) is 7.16. The first kappa shape index (κ1) is 17.9. The number of carbonyl (C=O) groups excluding carboxylic acids is 2. The summed E-state index contributed by atoms with van der Waals surface area (Å²) >= 11 is 6.45. The van der Waals surface area contributed by atoms with Crippen LogP contribution in [0, 0.1) is 0 Å². The summed E-state index contributed by atoms with van der Waals surface area (Å²) in [6.45, 7) is 1.50. The van der Waals surface area contributed by atoms with Crippen molar-refractivity contribution in [2.75, 3.05) is 23.7 Å². The van der Waals surface area contributed by atoms with E-state index in [0.29, 0.717) is 23.5 Å². The molecular formula is C12H22Br2N2O2. The van der Waals surface area contributed by atoms with Crippen molar-refractivity contribution in [2.45, 2.75) is 38.5 Å². The molecular weight excluding hydrogens is 364 g/mol. The van der Waals surface area contributed by atoms with E-state index in [1.54, 1.807) is 0 Å². The zero-order valence-electron chi connectivity index (χ0n) is 10.6. The van der Waals surface area contributed by atoms with Crippen LogP contribution >= 0.6 is 31.9 Å². The Kier molecular flexibility index (Phi) is 13.3. The van der Waals surface area contributed by atoms with Gasteiger partial charge >= 0.3 is 0 Å². The highest BCUT2D eigenvalue weighted by Gasteiger charge is 1.99. The second kappa shape index (κ2) is 13.3. The molecule has 0 spiro atoms. The first-order chi connectivity index (χ1) is 8.70. The molecule has 0 rings (SSSR count). The molecule has 0 atom stereocenters. The smallest absolute Gasteiger partial charge is 0.220 e. The Labute approximate surface area is 126 Å². The number of hydrogen-bond acceptors (Lipinski definition) is 2. The van der Waals surface area contributed by atoms with Gasteiger partial charge < -0.3 is 10.6 Å². The minimum Gasteiger partial charge on any atom is -0.356 e. The van der Waals surface area contributed by atoms with Gasteiger partial charge in [-0.25, -0.2) is 0 Å². The van der Waals surface area contributed by atoms with Crippen molar-refractivity contribution in [3.05, 3.63) is 0 Å². The van der Waals surface area contributed by atoms with E-state index >= 15 is 0 Å². The van der Waals surface area contributed by atoms with Gasteiger partial charge in [-0.05, 0) is 12.8 Å². The molecule has 2 amide bonds. The summed E-state index contributed by atoms with van der Waals surface area (Å²) in [7, 11) is 0. The fraction of sp³-hybridized carbons (Fsp3) is 0.833. The van der Waals surface area contributed by atoms with Crippen LogP contribution in [0.15, 0.2) is 0 Å². The lowest BCUT2D eigenvalue weighted by atomic mass is 10.2. The third kappa shape index (κ3) is 12.4. The summed E-state index contributed by atoms with van der Waals surface area (Å²) < 4.78 is 0. The first-order valence-electron chi connectivity index (χ1n) is 6.36. The van der Waals surface area contributed by atoms with Crippen LogP contribution < -0.4 is 10.6 Å². The van der Waals surface area contributed by atoms with E-state index in [1.165, 1.54) is 0 Å². The summed E-state index contributed by atoms with van der Waals surface area (Å²) in [5.74, 6) is 0.211. The largest absolute Gasteiger partial charge is 0.356 e. The maximum absolute atomic E-state index is 11.1. The Morgan fingerprint density at radius 3 is 1.44 bits per heavy atom. The highest BCUT2D eigenvalue weighted by atomic mass is 79.9. The maximum Gasteiger partial charge on any atom is 0.220 e. The van der Waals surface area contributed by atoms with Gasteiger partial charge in [-0.1, -0.05) is 44.7 Å². The van der Waals surface area contributed by atoms with Gasteiger partial charge in [0.25, 0.3) is 0 Å². The predicted octanol–water partition coefficient (Wildman–Crippen LogP) is 2.35. The summed E-state index contributed by atoms with van der Waals surface area (Å²) in [4.78, 5) is 22.2. The van der Waals surface area contributed by atoms with Crippen LogP contribution in [0.1, 0.15) is 38.5 Å². The third-order valence-electron chi connectivity index (χ3n) is 2.39. The van der Waals surface area contributed by atoms with Crippen LogP contribution in [0.3, 0.4) is 0 Å². The van der Waals surface area contributed by atoms with E-state index in [0.717, 1.165) is 38.8 Å². The molecule has 0 aromatic rings. The van der Waals surface area contributed by atoms with Crippen molar-refractivity contribution in [2.24, 2.45) is 0 Å². The number of nitrogens with one attached hydrogen (secondary N) is 2. The molecule has 0 unspecified atom stereocenters. The van der Waals surface area contributed by atoms with Crippen LogP contribution in [-0.2, 0) is 9.59 Å². The molecule has 0 heterocycles. The van der Waals surface area contributed by atoms with Crippen LogP contribution in [0.5, 0.6) is 0 Å². The average molecular weight is 386 g/mol. The standard InChI is InChI=1S/C12H22Br2N2O2/c13-7-5-11(17)15-9-3-1-2-4-10-16-12(18)6-8-14/h1-10H2,(H,15,17)(H,16,18). The maximum atomic E-state index is 11.1. The Balaban J connectivity index is 3.16. The minimum absolute atomic E-state index is 0.105. The fourth-order valence-corrected chi connectivity index (χ4v) is 2.13. The van der Waals surface area contributed by atoms with Gasteiger partial charge in [0.05, 0.1) is 0 Å². The average Bonchev–Trinajstić information content (AvgIpc) is 2.33. The van der Waals surface area contributed by atoms with Crippen molar-refractivity contribution >= 4 is 43.7 Å². The fourth-order valence-electron chi connectivity index (χ4n) is 1.41. The normalized spacial score (nSPS) is 10.1. The van der Waals surface area contributed by atoms with E-state index < -0.39 is 0 Å². The van der Waals surface area contributed by atoms with E-state index in [-0.39, 0.29) is 11.8 Å². The van der Waals surface area contributed by atoms with Crippen LogP contribution in [-0.4, -0.2) is 35.6 Å². The Bertz CT molecular complexity index is 214. The lowest BCUT2D eigenvalue weighted by Crippen LogP contribution is -2.25. The monoisotopic (exact) mass is 384 g/mol. The SMILES string of the molecule is O=C(CCBr)NCCCCCCNC(=O)CCBr. The Hall–Kier alpha value is -0.100. The number of alkyl halides is 2. The highest BCUT2D eigenvalue weighted by molar-refractivity contribution is 9.09. The summed E-state index contributed by atoms with van der Waals surface area (Å²) in [6.07, 6.45) is 5.26. The lowest BCUT2D eigenvalue weighted by molar-refractivity contribution is -0.121. The summed E-state index contributed by atoms with van der Waals surface area (Å²) in [6, 6.07) is 0. The van der Waals surface area contributed by atoms with Crippen molar-refractivity contribution in [1.29, 1.82) is 0 Å². The topological polar surface area (TPSA) is 58.2 Å². The number of unbranched alkanes of at least 4 members (excludes halogenated alkanes) is 3. The Morgan fingerprint density at radius 1 is 0.722 bits per heavy atom.